The normalized spacial score (nSPS) is 14.7. The number of carbonyl (C=O) groups excluding carboxylic acids is 1. The maximum atomic E-state index is 12.6. The second-order valence-electron chi connectivity index (χ2n) is 7.23. The predicted octanol–water partition coefficient (Wildman–Crippen LogP) is 3.11. The molecule has 0 radical (unpaired) electrons. The molecule has 0 aliphatic carbocycles. The summed E-state index contributed by atoms with van der Waals surface area (Å²) in [5, 5.41) is 7.50. The lowest BCUT2D eigenvalue weighted by Crippen LogP contribution is -2.44. The molecule has 1 N–H and O–H groups in total. The van der Waals surface area contributed by atoms with Crippen LogP contribution in [0.5, 0.6) is 0 Å². The van der Waals surface area contributed by atoms with Gasteiger partial charge in [-0.2, -0.15) is 4.98 Å². The van der Waals surface area contributed by atoms with Crippen molar-refractivity contribution in [1.82, 2.24) is 20.0 Å². The van der Waals surface area contributed by atoms with E-state index in [2.05, 4.69) is 37.3 Å². The number of amides is 1. The zero-order valence-electron chi connectivity index (χ0n) is 16.7. The van der Waals surface area contributed by atoms with E-state index >= 15 is 0 Å². The van der Waals surface area contributed by atoms with Crippen molar-refractivity contribution in [1.29, 1.82) is 0 Å². The molecule has 1 amide bonds. The van der Waals surface area contributed by atoms with Crippen LogP contribution in [0.2, 0.25) is 5.02 Å². The van der Waals surface area contributed by atoms with Crippen LogP contribution in [0.15, 0.2) is 47.1 Å². The minimum Gasteiger partial charge on any atom is -0.367 e. The lowest BCUT2D eigenvalue weighted by Gasteiger charge is -2.35. The average Bonchev–Trinajstić information content (AvgIpc) is 3.23. The van der Waals surface area contributed by atoms with Crippen molar-refractivity contribution in [3.63, 3.8) is 0 Å². The van der Waals surface area contributed by atoms with Crippen molar-refractivity contribution in [2.45, 2.75) is 12.8 Å². The highest BCUT2D eigenvalue weighted by molar-refractivity contribution is 6.31. The van der Waals surface area contributed by atoms with Crippen LogP contribution >= 0.6 is 11.6 Å². The number of hydrogen-bond donors (Lipinski definition) is 1. The molecule has 0 bridgehead atoms. The topological polar surface area (TPSA) is 87.4 Å². The Morgan fingerprint density at radius 3 is 2.80 bits per heavy atom. The number of aryl methyl sites for hydroxylation is 1. The highest BCUT2D eigenvalue weighted by Crippen LogP contribution is 2.30. The lowest BCUT2D eigenvalue weighted by molar-refractivity contribution is -0.116. The molecule has 1 aliphatic rings. The van der Waals surface area contributed by atoms with Gasteiger partial charge in [0.25, 0.3) is 0 Å². The molecule has 1 saturated heterocycles. The summed E-state index contributed by atoms with van der Waals surface area (Å²) in [6.45, 7) is 3.76. The number of rotatable bonds is 6. The molecule has 0 spiro atoms. The van der Waals surface area contributed by atoms with Crippen molar-refractivity contribution in [3.05, 3.63) is 53.5 Å². The number of nitrogens with one attached hydrogen (secondary N) is 1. The fraction of sp³-hybridized carbons (Fsp3) is 0.333. The van der Waals surface area contributed by atoms with Crippen LogP contribution < -0.4 is 10.2 Å². The van der Waals surface area contributed by atoms with E-state index in [4.69, 9.17) is 16.1 Å². The molecule has 0 atom stereocenters. The monoisotopic (exact) mass is 426 g/mol. The summed E-state index contributed by atoms with van der Waals surface area (Å²) in [5.41, 5.74) is 2.33. The molecule has 156 valence electrons. The van der Waals surface area contributed by atoms with E-state index in [1.165, 1.54) is 0 Å². The Bertz CT molecular complexity index is 1000. The third-order valence-electron chi connectivity index (χ3n) is 5.00. The van der Waals surface area contributed by atoms with Gasteiger partial charge in [0.15, 0.2) is 0 Å². The van der Waals surface area contributed by atoms with E-state index in [1.807, 2.05) is 24.3 Å². The van der Waals surface area contributed by atoms with Crippen LogP contribution in [0.1, 0.15) is 12.3 Å². The van der Waals surface area contributed by atoms with Gasteiger partial charge in [0, 0.05) is 50.2 Å². The van der Waals surface area contributed by atoms with Crippen LogP contribution in [-0.2, 0) is 11.2 Å². The quantitative estimate of drug-likeness (QED) is 0.647. The first-order valence-corrected chi connectivity index (χ1v) is 10.2. The minimum atomic E-state index is -0.134. The van der Waals surface area contributed by atoms with Gasteiger partial charge < -0.3 is 19.6 Å². The second kappa shape index (κ2) is 9.23. The van der Waals surface area contributed by atoms with Gasteiger partial charge in [0.05, 0.1) is 11.4 Å². The van der Waals surface area contributed by atoms with Crippen molar-refractivity contribution in [3.8, 4) is 11.5 Å². The second-order valence-corrected chi connectivity index (χ2v) is 7.66. The van der Waals surface area contributed by atoms with E-state index < -0.39 is 0 Å². The summed E-state index contributed by atoms with van der Waals surface area (Å²) in [6, 6.07) is 11.1. The molecule has 0 unspecified atom stereocenters. The fourth-order valence-corrected chi connectivity index (χ4v) is 3.49. The Kier molecular flexibility index (Phi) is 6.25. The Hall–Kier alpha value is -2.97. The number of nitrogens with zero attached hydrogens (tertiary/aromatic N) is 5. The minimum absolute atomic E-state index is 0.134. The summed E-state index contributed by atoms with van der Waals surface area (Å²) >= 11 is 6.18. The molecular formula is C21H23ClN6O2. The Morgan fingerprint density at radius 1 is 1.20 bits per heavy atom. The maximum absolute atomic E-state index is 12.6. The molecule has 30 heavy (non-hydrogen) atoms. The number of pyridine rings is 1. The number of hydrogen-bond acceptors (Lipinski definition) is 7. The number of piperazine rings is 1. The summed E-state index contributed by atoms with van der Waals surface area (Å²) in [7, 11) is 2.11. The highest BCUT2D eigenvalue weighted by atomic mass is 35.5. The van der Waals surface area contributed by atoms with E-state index in [0.29, 0.717) is 28.9 Å². The molecular weight excluding hydrogens is 404 g/mol. The summed E-state index contributed by atoms with van der Waals surface area (Å²) in [4.78, 5) is 25.6. The van der Waals surface area contributed by atoms with Gasteiger partial charge in [-0.15, -0.1) is 0 Å². The zero-order valence-corrected chi connectivity index (χ0v) is 17.5. The first-order valence-electron chi connectivity index (χ1n) is 9.85. The number of carbonyl (C=O) groups is 1. The van der Waals surface area contributed by atoms with Crippen LogP contribution in [0, 0.1) is 0 Å². The van der Waals surface area contributed by atoms with Gasteiger partial charge in [0.1, 0.15) is 5.69 Å². The first kappa shape index (κ1) is 20.3. The Labute approximate surface area is 179 Å². The van der Waals surface area contributed by atoms with Crippen molar-refractivity contribution < 1.29 is 9.32 Å². The van der Waals surface area contributed by atoms with Crippen LogP contribution in [-0.4, -0.2) is 59.2 Å². The SMILES string of the molecule is CN1CCN(c2ccc(Cl)cc2NC(=O)CCc2nc(-c3ccccn3)no2)CC1. The molecule has 3 heterocycles. The standard InChI is InChI=1S/C21H23ClN6O2/c1-27-10-12-28(13-11-27)18-6-5-15(22)14-17(18)24-19(29)7-8-20-25-21(26-30-20)16-4-2-3-9-23-16/h2-6,9,14H,7-8,10-13H2,1H3,(H,24,29). The molecule has 3 aromatic rings. The fourth-order valence-electron chi connectivity index (χ4n) is 3.32. The van der Waals surface area contributed by atoms with Gasteiger partial charge in [-0.25, -0.2) is 0 Å². The van der Waals surface area contributed by atoms with Gasteiger partial charge >= 0.3 is 0 Å². The summed E-state index contributed by atoms with van der Waals surface area (Å²) in [5.74, 6) is 0.680. The van der Waals surface area contributed by atoms with Crippen molar-refractivity contribution >= 4 is 28.9 Å². The summed E-state index contributed by atoms with van der Waals surface area (Å²) in [6.07, 6.45) is 2.23. The molecule has 1 fully saturated rings. The van der Waals surface area contributed by atoms with Crippen LogP contribution in [0.4, 0.5) is 11.4 Å². The van der Waals surface area contributed by atoms with Crippen LogP contribution in [0.25, 0.3) is 11.5 Å². The molecule has 1 aromatic carbocycles. The number of halogens is 1. The largest absolute Gasteiger partial charge is 0.367 e. The van der Waals surface area contributed by atoms with Gasteiger partial charge in [0.2, 0.25) is 17.6 Å². The van der Waals surface area contributed by atoms with Gasteiger partial charge in [-0.3, -0.25) is 9.78 Å². The molecule has 1 aliphatic heterocycles. The number of likely N-dealkylation sites (N-methyl/N-ethyl adjacent to an activating group) is 1. The van der Waals surface area contributed by atoms with E-state index in [9.17, 15) is 4.79 Å². The van der Waals surface area contributed by atoms with Gasteiger partial charge in [-0.1, -0.05) is 22.8 Å². The number of anilines is 2. The molecule has 9 heteroatoms. The van der Waals surface area contributed by atoms with Gasteiger partial charge in [-0.05, 0) is 37.4 Å². The van der Waals surface area contributed by atoms with Crippen molar-refractivity contribution in [2.75, 3.05) is 43.4 Å². The Balaban J connectivity index is 1.38. The van der Waals surface area contributed by atoms with Crippen LogP contribution in [0.3, 0.4) is 0 Å². The molecule has 0 saturated carbocycles. The number of benzene rings is 1. The smallest absolute Gasteiger partial charge is 0.227 e. The third-order valence-corrected chi connectivity index (χ3v) is 5.24. The third kappa shape index (κ3) is 4.95. The summed E-state index contributed by atoms with van der Waals surface area (Å²) < 4.78 is 5.25. The maximum Gasteiger partial charge on any atom is 0.227 e. The van der Waals surface area contributed by atoms with E-state index in [0.717, 1.165) is 37.6 Å². The molecule has 2 aromatic heterocycles. The lowest BCUT2D eigenvalue weighted by atomic mass is 10.2. The Morgan fingerprint density at radius 2 is 2.03 bits per heavy atom. The average molecular weight is 427 g/mol. The number of aromatic nitrogens is 3. The van der Waals surface area contributed by atoms with Crippen molar-refractivity contribution in [2.24, 2.45) is 0 Å². The predicted molar refractivity (Wildman–Crippen MR) is 116 cm³/mol. The highest BCUT2D eigenvalue weighted by Gasteiger charge is 2.19. The van der Waals surface area contributed by atoms with E-state index in [-0.39, 0.29) is 12.3 Å². The first-order chi connectivity index (χ1) is 14.6. The molecule has 4 rings (SSSR count). The molecule has 8 nitrogen and oxygen atoms in total. The zero-order chi connectivity index (χ0) is 20.9. The van der Waals surface area contributed by atoms with E-state index in [1.54, 1.807) is 18.3 Å².